The van der Waals surface area contributed by atoms with Crippen LogP contribution in [0.1, 0.15) is 33.6 Å². The van der Waals surface area contributed by atoms with Gasteiger partial charge in [-0.15, -0.1) is 0 Å². The highest BCUT2D eigenvalue weighted by Crippen LogP contribution is 2.39. The smallest absolute Gasteiger partial charge is 0.145 e. The van der Waals surface area contributed by atoms with E-state index < -0.39 is 0 Å². The van der Waals surface area contributed by atoms with E-state index in [1.54, 1.807) is 0 Å². The van der Waals surface area contributed by atoms with E-state index in [-0.39, 0.29) is 0 Å². The van der Waals surface area contributed by atoms with Gasteiger partial charge in [0.2, 0.25) is 0 Å². The van der Waals surface area contributed by atoms with E-state index in [4.69, 9.17) is 0 Å². The fraction of sp³-hybridized carbons (Fsp3) is 0.700. The second-order valence-electron chi connectivity index (χ2n) is 4.07. The van der Waals surface area contributed by atoms with E-state index in [1.165, 1.54) is 6.42 Å². The topological polar surface area (TPSA) is 17.1 Å². The molecule has 0 aromatic carbocycles. The van der Waals surface area contributed by atoms with E-state index in [1.807, 2.05) is 0 Å². The van der Waals surface area contributed by atoms with Gasteiger partial charge < -0.3 is 0 Å². The number of aldehydes is 1. The van der Waals surface area contributed by atoms with E-state index >= 15 is 0 Å². The highest BCUT2D eigenvalue weighted by Gasteiger charge is 2.30. The predicted octanol–water partition coefficient (Wildman–Crippen LogP) is 2.57. The minimum absolute atomic E-state index is 0.311. The number of hydrogen-bond acceptors (Lipinski definition) is 1. The Bertz CT molecular complexity index is 189. The molecule has 0 N–H and O–H groups in total. The van der Waals surface area contributed by atoms with E-state index in [0.29, 0.717) is 11.3 Å². The molecule has 1 aliphatic rings. The van der Waals surface area contributed by atoms with E-state index in [0.717, 1.165) is 18.3 Å². The molecule has 0 saturated heterocycles. The van der Waals surface area contributed by atoms with Gasteiger partial charge in [0.25, 0.3) is 0 Å². The van der Waals surface area contributed by atoms with Crippen LogP contribution in [0, 0.1) is 11.3 Å². The Balaban J connectivity index is 2.85. The molecule has 1 unspecified atom stereocenters. The Labute approximate surface area is 68.5 Å². The fourth-order valence-corrected chi connectivity index (χ4v) is 1.61. The molecule has 0 bridgehead atoms. The van der Waals surface area contributed by atoms with Crippen LogP contribution in [0.25, 0.3) is 0 Å². The Morgan fingerprint density at radius 2 is 2.27 bits per heavy atom. The lowest BCUT2D eigenvalue weighted by atomic mass is 9.70. The molecule has 1 atom stereocenters. The minimum atomic E-state index is 0.311. The third kappa shape index (κ3) is 1.52. The number of rotatable bonds is 1. The molecule has 0 heterocycles. The molecular weight excluding hydrogens is 136 g/mol. The summed E-state index contributed by atoms with van der Waals surface area (Å²) in [6, 6.07) is 0. The lowest BCUT2D eigenvalue weighted by molar-refractivity contribution is -0.105. The van der Waals surface area contributed by atoms with Crippen LogP contribution in [0.5, 0.6) is 0 Å². The van der Waals surface area contributed by atoms with Gasteiger partial charge in [-0.2, -0.15) is 0 Å². The maximum atomic E-state index is 10.6. The summed E-state index contributed by atoms with van der Waals surface area (Å²) in [4.78, 5) is 10.6. The molecule has 1 rings (SSSR count). The van der Waals surface area contributed by atoms with Crippen molar-refractivity contribution in [1.82, 2.24) is 0 Å². The monoisotopic (exact) mass is 152 g/mol. The largest absolute Gasteiger partial charge is 0.298 e. The molecule has 1 aliphatic carbocycles. The van der Waals surface area contributed by atoms with Crippen LogP contribution >= 0.6 is 0 Å². The summed E-state index contributed by atoms with van der Waals surface area (Å²) in [5.41, 5.74) is 1.30. The maximum Gasteiger partial charge on any atom is 0.145 e. The molecule has 0 aliphatic heterocycles. The Morgan fingerprint density at radius 3 is 2.73 bits per heavy atom. The van der Waals surface area contributed by atoms with Crippen LogP contribution in [-0.2, 0) is 4.79 Å². The number of carbonyl (C=O) groups is 1. The van der Waals surface area contributed by atoms with Gasteiger partial charge in [0.1, 0.15) is 6.29 Å². The Hall–Kier alpha value is -0.590. The molecule has 0 aromatic heterocycles. The van der Waals surface area contributed by atoms with Crippen molar-refractivity contribution in [2.75, 3.05) is 0 Å². The molecule has 11 heavy (non-hydrogen) atoms. The summed E-state index contributed by atoms with van der Waals surface area (Å²) in [6.07, 6.45) is 5.34. The SMILES string of the molecule is CC1C(C=O)=CCCC1(C)C. The maximum absolute atomic E-state index is 10.6. The van der Waals surface area contributed by atoms with E-state index in [2.05, 4.69) is 26.8 Å². The minimum Gasteiger partial charge on any atom is -0.298 e. The number of allylic oxidation sites excluding steroid dienone is 2. The standard InChI is InChI=1S/C10H16O/c1-8-9(7-11)5-4-6-10(8,2)3/h5,7-8H,4,6H2,1-3H3. The van der Waals surface area contributed by atoms with Gasteiger partial charge in [-0.1, -0.05) is 26.8 Å². The fourth-order valence-electron chi connectivity index (χ4n) is 1.61. The lowest BCUT2D eigenvalue weighted by Crippen LogP contribution is -2.26. The highest BCUT2D eigenvalue weighted by atomic mass is 16.1. The Morgan fingerprint density at radius 1 is 1.64 bits per heavy atom. The zero-order valence-corrected chi connectivity index (χ0v) is 7.55. The van der Waals surface area contributed by atoms with Crippen molar-refractivity contribution in [3.8, 4) is 0 Å². The van der Waals surface area contributed by atoms with Crippen molar-refractivity contribution in [2.45, 2.75) is 33.6 Å². The summed E-state index contributed by atoms with van der Waals surface area (Å²) < 4.78 is 0. The van der Waals surface area contributed by atoms with Crippen LogP contribution in [0.4, 0.5) is 0 Å². The zero-order chi connectivity index (χ0) is 8.48. The van der Waals surface area contributed by atoms with Crippen molar-refractivity contribution in [3.05, 3.63) is 11.6 Å². The van der Waals surface area contributed by atoms with Crippen LogP contribution in [0.2, 0.25) is 0 Å². The summed E-state index contributed by atoms with van der Waals surface area (Å²) in [5.74, 6) is 0.425. The summed E-state index contributed by atoms with van der Waals surface area (Å²) >= 11 is 0. The molecule has 0 radical (unpaired) electrons. The normalized spacial score (nSPS) is 29.4. The first-order chi connectivity index (χ1) is 5.08. The van der Waals surface area contributed by atoms with Gasteiger partial charge in [-0.3, -0.25) is 4.79 Å². The molecule has 62 valence electrons. The molecular formula is C10H16O. The average molecular weight is 152 g/mol. The van der Waals surface area contributed by atoms with E-state index in [9.17, 15) is 4.79 Å². The van der Waals surface area contributed by atoms with Gasteiger partial charge in [0, 0.05) is 0 Å². The first-order valence-electron chi connectivity index (χ1n) is 4.23. The van der Waals surface area contributed by atoms with Crippen molar-refractivity contribution < 1.29 is 4.79 Å². The molecule has 1 heteroatoms. The highest BCUT2D eigenvalue weighted by molar-refractivity contribution is 5.74. The van der Waals surface area contributed by atoms with Gasteiger partial charge in [-0.25, -0.2) is 0 Å². The van der Waals surface area contributed by atoms with Crippen LogP contribution in [0.3, 0.4) is 0 Å². The molecule has 0 saturated carbocycles. The van der Waals surface area contributed by atoms with Crippen molar-refractivity contribution >= 4 is 6.29 Å². The van der Waals surface area contributed by atoms with Gasteiger partial charge in [-0.05, 0) is 29.7 Å². The summed E-state index contributed by atoms with van der Waals surface area (Å²) in [6.45, 7) is 6.60. The first kappa shape index (κ1) is 8.51. The van der Waals surface area contributed by atoms with Crippen molar-refractivity contribution in [2.24, 2.45) is 11.3 Å². The molecule has 0 aromatic rings. The van der Waals surface area contributed by atoms with Gasteiger partial charge in [0.15, 0.2) is 0 Å². The number of carbonyl (C=O) groups excluding carboxylic acids is 1. The second-order valence-corrected chi connectivity index (χ2v) is 4.07. The lowest BCUT2D eigenvalue weighted by Gasteiger charge is -2.35. The van der Waals surface area contributed by atoms with Crippen LogP contribution in [0.15, 0.2) is 11.6 Å². The zero-order valence-electron chi connectivity index (χ0n) is 7.55. The Kier molecular flexibility index (Phi) is 2.17. The second kappa shape index (κ2) is 2.80. The molecule has 1 nitrogen and oxygen atoms in total. The van der Waals surface area contributed by atoms with Gasteiger partial charge in [0.05, 0.1) is 0 Å². The molecule has 0 fully saturated rings. The quantitative estimate of drug-likeness (QED) is 0.528. The van der Waals surface area contributed by atoms with Crippen LogP contribution in [-0.4, -0.2) is 6.29 Å². The molecule has 0 spiro atoms. The van der Waals surface area contributed by atoms with Crippen LogP contribution < -0.4 is 0 Å². The summed E-state index contributed by atoms with van der Waals surface area (Å²) in [5, 5.41) is 0. The number of hydrogen-bond donors (Lipinski definition) is 0. The predicted molar refractivity (Wildman–Crippen MR) is 46.3 cm³/mol. The third-order valence-electron chi connectivity index (χ3n) is 2.98. The third-order valence-corrected chi connectivity index (χ3v) is 2.98. The average Bonchev–Trinajstić information content (AvgIpc) is 1.95. The van der Waals surface area contributed by atoms with Gasteiger partial charge >= 0.3 is 0 Å². The van der Waals surface area contributed by atoms with Crippen molar-refractivity contribution in [1.29, 1.82) is 0 Å². The van der Waals surface area contributed by atoms with Crippen molar-refractivity contribution in [3.63, 3.8) is 0 Å². The molecule has 0 amide bonds. The summed E-state index contributed by atoms with van der Waals surface area (Å²) in [7, 11) is 0. The first-order valence-corrected chi connectivity index (χ1v) is 4.23.